The van der Waals surface area contributed by atoms with Gasteiger partial charge in [-0.2, -0.15) is 5.10 Å². The molecule has 0 unspecified atom stereocenters. The smallest absolute Gasteiger partial charge is 0.0645 e. The molecule has 0 fully saturated rings. The molecular weight excluding hydrogens is 264 g/mol. The van der Waals surface area contributed by atoms with Crippen LogP contribution in [0.15, 0.2) is 48.8 Å². The van der Waals surface area contributed by atoms with Crippen LogP contribution in [0.2, 0.25) is 0 Å². The van der Waals surface area contributed by atoms with Gasteiger partial charge in [-0.15, -0.1) is 0 Å². The maximum Gasteiger partial charge on any atom is 0.0645 e. The fourth-order valence-corrected chi connectivity index (χ4v) is 1.69. The number of alkyl halides is 1. The first kappa shape index (κ1) is 11.1. The molecular formula is C13H13BrN2. The van der Waals surface area contributed by atoms with Crippen LogP contribution in [0.3, 0.4) is 0 Å². The Morgan fingerprint density at radius 3 is 2.81 bits per heavy atom. The Hall–Kier alpha value is -1.35. The number of hydrogen-bond donors (Lipinski definition) is 0. The van der Waals surface area contributed by atoms with Crippen molar-refractivity contribution in [1.29, 1.82) is 0 Å². The molecule has 1 aromatic carbocycles. The minimum absolute atomic E-state index is 0.996. The number of halogens is 1. The van der Waals surface area contributed by atoms with Crippen LogP contribution in [-0.2, 0) is 0 Å². The average Bonchev–Trinajstić information content (AvgIpc) is 2.79. The van der Waals surface area contributed by atoms with Crippen LogP contribution in [0.1, 0.15) is 12.0 Å². The van der Waals surface area contributed by atoms with Gasteiger partial charge < -0.3 is 0 Å². The van der Waals surface area contributed by atoms with E-state index >= 15 is 0 Å². The zero-order valence-corrected chi connectivity index (χ0v) is 10.5. The van der Waals surface area contributed by atoms with Gasteiger partial charge in [0.05, 0.1) is 11.9 Å². The molecule has 16 heavy (non-hydrogen) atoms. The minimum Gasteiger partial charge on any atom is -0.240 e. The molecule has 3 heteroatoms. The molecule has 1 heterocycles. The maximum atomic E-state index is 4.32. The number of benzene rings is 1. The summed E-state index contributed by atoms with van der Waals surface area (Å²) in [6.45, 7) is 0. The molecule has 0 aliphatic heterocycles. The maximum absolute atomic E-state index is 4.32. The molecule has 2 aromatic rings. The van der Waals surface area contributed by atoms with E-state index in [1.165, 1.54) is 0 Å². The highest BCUT2D eigenvalue weighted by atomic mass is 79.9. The van der Waals surface area contributed by atoms with E-state index in [0.29, 0.717) is 0 Å². The van der Waals surface area contributed by atoms with Crippen molar-refractivity contribution in [1.82, 2.24) is 9.78 Å². The van der Waals surface area contributed by atoms with Crippen molar-refractivity contribution in [3.8, 4) is 5.69 Å². The Morgan fingerprint density at radius 1 is 1.25 bits per heavy atom. The second kappa shape index (κ2) is 5.66. The molecule has 0 aliphatic rings. The number of allylic oxidation sites excluding steroid dienone is 1. The Kier molecular flexibility index (Phi) is 3.94. The van der Waals surface area contributed by atoms with E-state index in [1.54, 1.807) is 0 Å². The summed E-state index contributed by atoms with van der Waals surface area (Å²) in [6, 6.07) is 10.1. The molecule has 2 rings (SSSR count). The normalized spacial score (nSPS) is 11.1. The van der Waals surface area contributed by atoms with Gasteiger partial charge in [0.25, 0.3) is 0 Å². The summed E-state index contributed by atoms with van der Waals surface area (Å²) in [5.74, 6) is 0. The lowest BCUT2D eigenvalue weighted by Gasteiger charge is -1.98. The van der Waals surface area contributed by atoms with E-state index in [2.05, 4.69) is 33.2 Å². The van der Waals surface area contributed by atoms with Crippen molar-refractivity contribution >= 4 is 22.0 Å². The summed E-state index contributed by atoms with van der Waals surface area (Å²) in [4.78, 5) is 0. The van der Waals surface area contributed by atoms with Crippen molar-refractivity contribution in [2.24, 2.45) is 0 Å². The molecule has 0 N–H and O–H groups in total. The second-order valence-corrected chi connectivity index (χ2v) is 4.23. The topological polar surface area (TPSA) is 17.8 Å². The van der Waals surface area contributed by atoms with Gasteiger partial charge in [0.1, 0.15) is 0 Å². The monoisotopic (exact) mass is 276 g/mol. The lowest BCUT2D eigenvalue weighted by molar-refractivity contribution is 0.880. The van der Waals surface area contributed by atoms with E-state index in [0.717, 1.165) is 23.0 Å². The SMILES string of the molecule is BrCCC=Cc1cnn(-c2ccccc2)c1. The summed E-state index contributed by atoms with van der Waals surface area (Å²) in [5, 5.41) is 5.32. The highest BCUT2D eigenvalue weighted by molar-refractivity contribution is 9.09. The lowest BCUT2D eigenvalue weighted by Crippen LogP contribution is -1.92. The summed E-state index contributed by atoms with van der Waals surface area (Å²) in [5.41, 5.74) is 2.22. The molecule has 82 valence electrons. The third kappa shape index (κ3) is 2.83. The third-order valence-corrected chi connectivity index (χ3v) is 2.67. The minimum atomic E-state index is 0.996. The van der Waals surface area contributed by atoms with E-state index in [9.17, 15) is 0 Å². The highest BCUT2D eigenvalue weighted by Gasteiger charge is 1.96. The van der Waals surface area contributed by atoms with Gasteiger partial charge in [-0.1, -0.05) is 46.3 Å². The molecule has 0 amide bonds. The third-order valence-electron chi connectivity index (χ3n) is 2.21. The van der Waals surface area contributed by atoms with Gasteiger partial charge in [0, 0.05) is 17.1 Å². The van der Waals surface area contributed by atoms with Gasteiger partial charge >= 0.3 is 0 Å². The zero-order chi connectivity index (χ0) is 11.2. The van der Waals surface area contributed by atoms with Crippen molar-refractivity contribution in [2.75, 3.05) is 5.33 Å². The second-order valence-electron chi connectivity index (χ2n) is 3.43. The first-order valence-electron chi connectivity index (χ1n) is 5.23. The number of aromatic nitrogens is 2. The molecule has 1 aromatic heterocycles. The fraction of sp³-hybridized carbons (Fsp3) is 0.154. The van der Waals surface area contributed by atoms with Crippen molar-refractivity contribution in [3.05, 3.63) is 54.4 Å². The predicted octanol–water partition coefficient (Wildman–Crippen LogP) is 3.67. The van der Waals surface area contributed by atoms with Crippen LogP contribution in [0, 0.1) is 0 Å². The lowest BCUT2D eigenvalue weighted by atomic mass is 10.3. The van der Waals surface area contributed by atoms with Crippen LogP contribution in [0.25, 0.3) is 11.8 Å². The van der Waals surface area contributed by atoms with Crippen LogP contribution < -0.4 is 0 Å². The van der Waals surface area contributed by atoms with Crippen LogP contribution in [0.5, 0.6) is 0 Å². The predicted molar refractivity (Wildman–Crippen MR) is 71.0 cm³/mol. The van der Waals surface area contributed by atoms with Crippen molar-refractivity contribution in [2.45, 2.75) is 6.42 Å². The number of nitrogens with zero attached hydrogens (tertiary/aromatic N) is 2. The van der Waals surface area contributed by atoms with Gasteiger partial charge in [0.2, 0.25) is 0 Å². The summed E-state index contributed by atoms with van der Waals surface area (Å²) >= 11 is 3.39. The summed E-state index contributed by atoms with van der Waals surface area (Å²) in [7, 11) is 0. The Bertz CT molecular complexity index is 460. The summed E-state index contributed by atoms with van der Waals surface area (Å²) < 4.78 is 1.88. The Balaban J connectivity index is 2.14. The van der Waals surface area contributed by atoms with Crippen molar-refractivity contribution in [3.63, 3.8) is 0 Å². The molecule has 2 nitrogen and oxygen atoms in total. The van der Waals surface area contributed by atoms with Crippen molar-refractivity contribution < 1.29 is 0 Å². The Morgan fingerprint density at radius 2 is 2.06 bits per heavy atom. The van der Waals surface area contributed by atoms with E-state index in [-0.39, 0.29) is 0 Å². The highest BCUT2D eigenvalue weighted by Crippen LogP contribution is 2.09. The Labute approximate surface area is 104 Å². The number of hydrogen-bond acceptors (Lipinski definition) is 1. The first-order valence-corrected chi connectivity index (χ1v) is 6.35. The van der Waals surface area contributed by atoms with E-state index < -0.39 is 0 Å². The molecule has 0 radical (unpaired) electrons. The first-order chi connectivity index (χ1) is 7.90. The molecule has 0 bridgehead atoms. The molecule has 0 spiro atoms. The van der Waals surface area contributed by atoms with E-state index in [4.69, 9.17) is 0 Å². The largest absolute Gasteiger partial charge is 0.240 e. The molecule has 0 saturated heterocycles. The fourth-order valence-electron chi connectivity index (χ4n) is 1.43. The van der Waals surface area contributed by atoms with Crippen LogP contribution >= 0.6 is 15.9 Å². The number of rotatable bonds is 4. The number of para-hydroxylation sites is 1. The average molecular weight is 277 g/mol. The molecule has 0 saturated carbocycles. The zero-order valence-electron chi connectivity index (χ0n) is 8.88. The van der Waals surface area contributed by atoms with Crippen LogP contribution in [-0.4, -0.2) is 15.1 Å². The summed E-state index contributed by atoms with van der Waals surface area (Å²) in [6.07, 6.45) is 9.17. The van der Waals surface area contributed by atoms with Crippen LogP contribution in [0.4, 0.5) is 0 Å². The van der Waals surface area contributed by atoms with Gasteiger partial charge in [0.15, 0.2) is 0 Å². The molecule has 0 aliphatic carbocycles. The standard InChI is InChI=1S/C13H13BrN2/c14-9-5-4-6-12-10-15-16(11-12)13-7-2-1-3-8-13/h1-4,6-8,10-11H,5,9H2. The van der Waals surface area contributed by atoms with E-state index in [1.807, 2.05) is 47.4 Å². The quantitative estimate of drug-likeness (QED) is 0.780. The molecule has 0 atom stereocenters. The van der Waals surface area contributed by atoms with Gasteiger partial charge in [-0.25, -0.2) is 4.68 Å². The van der Waals surface area contributed by atoms with Gasteiger partial charge in [-0.3, -0.25) is 0 Å². The van der Waals surface area contributed by atoms with Gasteiger partial charge in [-0.05, 0) is 18.6 Å².